The van der Waals surface area contributed by atoms with E-state index in [1.807, 2.05) is 44.2 Å². The number of rotatable bonds is 11. The molecule has 0 aliphatic rings. The van der Waals surface area contributed by atoms with Crippen molar-refractivity contribution in [3.8, 4) is 0 Å². The Labute approximate surface area is 175 Å². The Hall–Kier alpha value is -1.67. The van der Waals surface area contributed by atoms with Crippen LogP contribution in [0.4, 0.5) is 5.69 Å². The highest BCUT2D eigenvalue weighted by atomic mass is 32.2. The number of hydrogen-bond donors (Lipinski definition) is 3. The average Bonchev–Trinajstić information content (AvgIpc) is 2.67. The molecule has 0 aliphatic carbocycles. The van der Waals surface area contributed by atoms with Crippen molar-refractivity contribution in [2.75, 3.05) is 18.8 Å². The van der Waals surface area contributed by atoms with Crippen LogP contribution in [0.2, 0.25) is 0 Å². The summed E-state index contributed by atoms with van der Waals surface area (Å²) in [4.78, 5) is 9.94. The van der Waals surface area contributed by atoms with Crippen LogP contribution >= 0.6 is 8.25 Å². The van der Waals surface area contributed by atoms with E-state index >= 15 is 0 Å². The maximum absolute atomic E-state index is 13.2. The molecule has 2 aromatic rings. The Balaban J connectivity index is 2.20. The second-order valence-corrected chi connectivity index (χ2v) is 9.47. The minimum atomic E-state index is -2.85. The van der Waals surface area contributed by atoms with Crippen LogP contribution in [-0.2, 0) is 26.5 Å². The van der Waals surface area contributed by atoms with Gasteiger partial charge in [0, 0.05) is 29.4 Å². The third-order valence-corrected chi connectivity index (χ3v) is 6.18. The number of nitrogens with two attached hydrogens (primary N) is 2. The number of anilines is 1. The molecule has 0 amide bonds. The molecular formula is C20H29N3O4PS+. The Morgan fingerprint density at radius 3 is 2.28 bits per heavy atom. The molecule has 0 saturated heterocycles. The largest absolute Gasteiger partial charge is 0.695 e. The van der Waals surface area contributed by atoms with Crippen molar-refractivity contribution in [1.29, 1.82) is 0 Å². The quantitative estimate of drug-likeness (QED) is 0.367. The summed E-state index contributed by atoms with van der Waals surface area (Å²) in [6.45, 7) is 4.70. The van der Waals surface area contributed by atoms with Gasteiger partial charge >= 0.3 is 8.25 Å². The maximum atomic E-state index is 13.2. The van der Waals surface area contributed by atoms with E-state index in [1.165, 1.54) is 0 Å². The SMILES string of the molecule is CC(C)CN(CC(O[P+](=O)O)C(N)Cc1ccccc1)S(=O)c1ccc(N)cc1. The summed E-state index contributed by atoms with van der Waals surface area (Å²) in [6, 6.07) is 15.9. The van der Waals surface area contributed by atoms with Crippen molar-refractivity contribution in [3.05, 3.63) is 60.2 Å². The van der Waals surface area contributed by atoms with E-state index in [1.54, 1.807) is 28.6 Å². The third-order valence-electron chi connectivity index (χ3n) is 4.29. The predicted molar refractivity (Wildman–Crippen MR) is 116 cm³/mol. The lowest BCUT2D eigenvalue weighted by Gasteiger charge is -2.28. The molecule has 5 N–H and O–H groups in total. The first kappa shape index (κ1) is 23.6. The van der Waals surface area contributed by atoms with Crippen molar-refractivity contribution < 1.29 is 18.2 Å². The van der Waals surface area contributed by atoms with Crippen molar-refractivity contribution in [3.63, 3.8) is 0 Å². The number of nitrogens with zero attached hydrogens (tertiary/aromatic N) is 1. The molecule has 29 heavy (non-hydrogen) atoms. The molecule has 0 radical (unpaired) electrons. The van der Waals surface area contributed by atoms with Gasteiger partial charge in [0.2, 0.25) is 0 Å². The molecule has 0 bridgehead atoms. The molecule has 4 atom stereocenters. The molecule has 7 nitrogen and oxygen atoms in total. The molecule has 9 heteroatoms. The first-order chi connectivity index (χ1) is 13.8. The maximum Gasteiger partial charge on any atom is 0.695 e. The normalized spacial score (nSPS) is 15.3. The summed E-state index contributed by atoms with van der Waals surface area (Å²) in [6.07, 6.45) is -0.293. The Kier molecular flexibility index (Phi) is 9.36. The smallest absolute Gasteiger partial charge is 0.399 e. The lowest BCUT2D eigenvalue weighted by Crippen LogP contribution is -2.46. The monoisotopic (exact) mass is 438 g/mol. The molecule has 0 fully saturated rings. The van der Waals surface area contributed by atoms with E-state index in [-0.39, 0.29) is 12.5 Å². The summed E-state index contributed by atoms with van der Waals surface area (Å²) >= 11 is 0. The molecule has 2 aromatic carbocycles. The second-order valence-electron chi connectivity index (χ2n) is 7.29. The minimum absolute atomic E-state index is 0.158. The van der Waals surface area contributed by atoms with Gasteiger partial charge in [-0.15, -0.1) is 9.42 Å². The van der Waals surface area contributed by atoms with Crippen LogP contribution in [-0.4, -0.2) is 38.6 Å². The van der Waals surface area contributed by atoms with Gasteiger partial charge in [0.05, 0.1) is 4.90 Å². The highest BCUT2D eigenvalue weighted by Gasteiger charge is 2.33. The summed E-state index contributed by atoms with van der Waals surface area (Å²) in [7, 11) is -4.33. The molecule has 0 aromatic heterocycles. The van der Waals surface area contributed by atoms with Gasteiger partial charge in [0.15, 0.2) is 0 Å². The molecule has 158 valence electrons. The zero-order valence-electron chi connectivity index (χ0n) is 16.7. The zero-order chi connectivity index (χ0) is 21.4. The van der Waals surface area contributed by atoms with Gasteiger partial charge in [-0.3, -0.25) is 0 Å². The van der Waals surface area contributed by atoms with Gasteiger partial charge in [0.25, 0.3) is 0 Å². The van der Waals surface area contributed by atoms with E-state index in [4.69, 9.17) is 16.0 Å². The Morgan fingerprint density at radius 2 is 1.72 bits per heavy atom. The fraction of sp³-hybridized carbons (Fsp3) is 0.400. The zero-order valence-corrected chi connectivity index (χ0v) is 18.4. The van der Waals surface area contributed by atoms with Crippen molar-refractivity contribution in [2.45, 2.75) is 37.3 Å². The van der Waals surface area contributed by atoms with Gasteiger partial charge < -0.3 is 11.5 Å². The molecular weight excluding hydrogens is 409 g/mol. The highest BCUT2D eigenvalue weighted by Crippen LogP contribution is 2.24. The second kappa shape index (κ2) is 11.5. The van der Waals surface area contributed by atoms with Crippen LogP contribution in [0.1, 0.15) is 19.4 Å². The van der Waals surface area contributed by atoms with Crippen molar-refractivity contribution in [2.24, 2.45) is 11.7 Å². The topological polar surface area (TPSA) is 119 Å². The van der Waals surface area contributed by atoms with Crippen molar-refractivity contribution >= 4 is 24.9 Å². The molecule has 0 heterocycles. The summed E-state index contributed by atoms with van der Waals surface area (Å²) in [5, 5.41) is 0. The summed E-state index contributed by atoms with van der Waals surface area (Å²) < 4.78 is 31.5. The third kappa shape index (κ3) is 7.93. The van der Waals surface area contributed by atoms with Crippen LogP contribution in [0.3, 0.4) is 0 Å². The average molecular weight is 439 g/mol. The standard InChI is InChI=1S/C20H28N3O4PS/c1-15(2)13-23(29(26)18-10-8-17(21)9-11-18)14-20(27-28(24)25)19(22)12-16-6-4-3-5-7-16/h3-11,15,19-20H,12-14,21-22H2,1-2H3/p+1. The van der Waals surface area contributed by atoms with Crippen LogP contribution in [0.5, 0.6) is 0 Å². The van der Waals surface area contributed by atoms with Gasteiger partial charge in [-0.05, 0) is 42.2 Å². The van der Waals surface area contributed by atoms with E-state index in [0.29, 0.717) is 23.5 Å². The van der Waals surface area contributed by atoms with Crippen LogP contribution in [0, 0.1) is 5.92 Å². The van der Waals surface area contributed by atoms with Gasteiger partial charge in [0.1, 0.15) is 17.1 Å². The number of hydrogen-bond acceptors (Lipinski definition) is 5. The molecule has 2 rings (SSSR count). The lowest BCUT2D eigenvalue weighted by molar-refractivity contribution is 0.134. The first-order valence-electron chi connectivity index (χ1n) is 9.41. The fourth-order valence-electron chi connectivity index (χ4n) is 2.93. The number of benzene rings is 2. The molecule has 4 unspecified atom stereocenters. The van der Waals surface area contributed by atoms with E-state index in [0.717, 1.165) is 5.56 Å². The Morgan fingerprint density at radius 1 is 1.10 bits per heavy atom. The van der Waals surface area contributed by atoms with Gasteiger partial charge in [-0.1, -0.05) is 44.2 Å². The summed E-state index contributed by atoms with van der Waals surface area (Å²) in [5.74, 6) is 0.224. The molecule has 0 aliphatic heterocycles. The van der Waals surface area contributed by atoms with Crippen LogP contribution in [0.25, 0.3) is 0 Å². The van der Waals surface area contributed by atoms with Gasteiger partial charge in [-0.2, -0.15) is 0 Å². The minimum Gasteiger partial charge on any atom is -0.399 e. The number of nitrogen functional groups attached to an aromatic ring is 1. The summed E-state index contributed by atoms with van der Waals surface area (Å²) in [5.41, 5.74) is 13.6. The van der Waals surface area contributed by atoms with Crippen LogP contribution in [0.15, 0.2) is 59.5 Å². The first-order valence-corrected chi connectivity index (χ1v) is 11.6. The van der Waals surface area contributed by atoms with Gasteiger partial charge in [-0.25, -0.2) is 8.51 Å². The lowest BCUT2D eigenvalue weighted by atomic mass is 10.0. The predicted octanol–water partition coefficient (Wildman–Crippen LogP) is 2.85. The van der Waals surface area contributed by atoms with E-state index < -0.39 is 31.4 Å². The molecule has 0 saturated carbocycles. The van der Waals surface area contributed by atoms with E-state index in [9.17, 15) is 13.7 Å². The van der Waals surface area contributed by atoms with Crippen LogP contribution < -0.4 is 11.5 Å². The van der Waals surface area contributed by atoms with Crippen molar-refractivity contribution in [1.82, 2.24) is 4.31 Å². The van der Waals surface area contributed by atoms with E-state index in [2.05, 4.69) is 0 Å². The molecule has 0 spiro atoms. The highest BCUT2D eigenvalue weighted by molar-refractivity contribution is 7.82. The Bertz CT molecular complexity index is 805. The fourth-order valence-corrected chi connectivity index (χ4v) is 4.77.